The highest BCUT2D eigenvalue weighted by molar-refractivity contribution is 5.91. The normalized spacial score (nSPS) is 16.0. The van der Waals surface area contributed by atoms with Gasteiger partial charge in [0.2, 0.25) is 5.91 Å². The second-order valence-corrected chi connectivity index (χ2v) is 6.78. The first-order valence-corrected chi connectivity index (χ1v) is 8.29. The van der Waals surface area contributed by atoms with Crippen molar-refractivity contribution in [2.24, 2.45) is 0 Å². The minimum atomic E-state index is -0.520. The second-order valence-electron chi connectivity index (χ2n) is 6.78. The molecule has 2 rings (SSSR count). The van der Waals surface area contributed by atoms with Crippen LogP contribution >= 0.6 is 0 Å². The number of morpholine rings is 1. The van der Waals surface area contributed by atoms with E-state index in [1.807, 2.05) is 25.7 Å². The smallest absolute Gasteiger partial charge is 0.331 e. The number of aromatic nitrogens is 1. The highest BCUT2D eigenvalue weighted by atomic mass is 16.6. The van der Waals surface area contributed by atoms with Crippen LogP contribution in [0.5, 0.6) is 0 Å². The van der Waals surface area contributed by atoms with Crippen molar-refractivity contribution >= 4 is 23.8 Å². The minimum absolute atomic E-state index is 0.105. The van der Waals surface area contributed by atoms with E-state index in [0.717, 1.165) is 18.7 Å². The molecule has 0 bridgehead atoms. The molecule has 0 aliphatic carbocycles. The fraction of sp³-hybridized carbons (Fsp3) is 0.500. The Morgan fingerprint density at radius 2 is 2.04 bits per heavy atom. The number of nitrogens with zero attached hydrogens (tertiary/aromatic N) is 2. The number of carbonyl (C=O) groups excluding carboxylic acids is 2. The Balaban J connectivity index is 1.82. The summed E-state index contributed by atoms with van der Waals surface area (Å²) in [6.45, 7) is 8.60. The number of ether oxygens (including phenoxy) is 2. The molecule has 0 atom stereocenters. The summed E-state index contributed by atoms with van der Waals surface area (Å²) in [7, 11) is 0. The monoisotopic (exact) mass is 347 g/mol. The van der Waals surface area contributed by atoms with E-state index < -0.39 is 11.6 Å². The molecular formula is C18H25N3O4. The quantitative estimate of drug-likeness (QED) is 0.645. The average molecular weight is 347 g/mol. The first kappa shape index (κ1) is 19.1. The van der Waals surface area contributed by atoms with Crippen molar-refractivity contribution in [2.45, 2.75) is 26.4 Å². The molecule has 7 heteroatoms. The van der Waals surface area contributed by atoms with Gasteiger partial charge in [-0.25, -0.2) is 9.78 Å². The van der Waals surface area contributed by atoms with Crippen molar-refractivity contribution < 1.29 is 19.1 Å². The highest BCUT2D eigenvalue weighted by Gasteiger charge is 2.15. The number of pyridine rings is 1. The molecule has 1 saturated heterocycles. The number of hydrogen-bond acceptors (Lipinski definition) is 6. The van der Waals surface area contributed by atoms with Crippen LogP contribution in [0.4, 0.5) is 5.82 Å². The van der Waals surface area contributed by atoms with Crippen LogP contribution in [0, 0.1) is 0 Å². The summed E-state index contributed by atoms with van der Waals surface area (Å²) in [5.41, 5.74) is 0.228. The van der Waals surface area contributed by atoms with E-state index in [1.54, 1.807) is 24.4 Å². The van der Waals surface area contributed by atoms with Crippen molar-refractivity contribution in [1.29, 1.82) is 0 Å². The third-order valence-electron chi connectivity index (χ3n) is 3.34. The highest BCUT2D eigenvalue weighted by Crippen LogP contribution is 2.10. The van der Waals surface area contributed by atoms with E-state index >= 15 is 0 Å². The third kappa shape index (κ3) is 7.45. The van der Waals surface area contributed by atoms with Gasteiger partial charge >= 0.3 is 5.97 Å². The summed E-state index contributed by atoms with van der Waals surface area (Å²) in [5.74, 6) is -0.0329. The lowest BCUT2D eigenvalue weighted by Crippen LogP contribution is -2.41. The Morgan fingerprint density at radius 1 is 1.32 bits per heavy atom. The molecule has 1 aromatic rings. The number of carbonyl (C=O) groups is 2. The van der Waals surface area contributed by atoms with E-state index in [0.29, 0.717) is 25.6 Å². The maximum atomic E-state index is 12.0. The molecule has 1 aliphatic rings. The molecule has 7 nitrogen and oxygen atoms in total. The molecule has 1 fully saturated rings. The van der Waals surface area contributed by atoms with E-state index in [9.17, 15) is 9.59 Å². The average Bonchev–Trinajstić information content (AvgIpc) is 2.53. The lowest BCUT2D eigenvalue weighted by atomic mass is 10.2. The van der Waals surface area contributed by atoms with Gasteiger partial charge < -0.3 is 14.8 Å². The maximum absolute atomic E-state index is 12.0. The van der Waals surface area contributed by atoms with Crippen molar-refractivity contribution in [1.82, 2.24) is 9.88 Å². The number of anilines is 1. The van der Waals surface area contributed by atoms with Crippen LogP contribution in [-0.4, -0.2) is 60.2 Å². The van der Waals surface area contributed by atoms with Gasteiger partial charge in [-0.3, -0.25) is 9.69 Å². The standard InChI is InChI=1S/C18H25N3O4/c1-18(2,3)25-17(23)7-5-14-4-6-15(19-12-14)20-16(22)13-21-8-10-24-11-9-21/h4-7,12H,8-11,13H2,1-3H3,(H,19,20,22). The number of amides is 1. The van der Waals surface area contributed by atoms with Gasteiger partial charge in [-0.1, -0.05) is 0 Å². The molecule has 1 aromatic heterocycles. The van der Waals surface area contributed by atoms with Gasteiger partial charge in [0.1, 0.15) is 11.4 Å². The van der Waals surface area contributed by atoms with Gasteiger partial charge in [0.05, 0.1) is 19.8 Å². The number of nitrogens with one attached hydrogen (secondary N) is 1. The first-order valence-electron chi connectivity index (χ1n) is 8.29. The second kappa shape index (κ2) is 8.73. The molecule has 136 valence electrons. The van der Waals surface area contributed by atoms with E-state index in [-0.39, 0.29) is 5.91 Å². The lowest BCUT2D eigenvalue weighted by molar-refractivity contribution is -0.148. The van der Waals surface area contributed by atoms with Crippen LogP contribution in [-0.2, 0) is 19.1 Å². The summed E-state index contributed by atoms with van der Waals surface area (Å²) in [6.07, 6.45) is 4.57. The zero-order valence-corrected chi connectivity index (χ0v) is 14.9. The van der Waals surface area contributed by atoms with Crippen molar-refractivity contribution in [3.63, 3.8) is 0 Å². The Labute approximate surface area is 148 Å². The van der Waals surface area contributed by atoms with Gasteiger partial charge in [0.25, 0.3) is 0 Å². The van der Waals surface area contributed by atoms with Crippen molar-refractivity contribution in [2.75, 3.05) is 38.2 Å². The maximum Gasteiger partial charge on any atom is 0.331 e. The fourth-order valence-corrected chi connectivity index (χ4v) is 2.22. The Kier molecular flexibility index (Phi) is 6.66. The molecule has 1 aliphatic heterocycles. The number of hydrogen-bond donors (Lipinski definition) is 1. The van der Waals surface area contributed by atoms with Crippen molar-refractivity contribution in [3.8, 4) is 0 Å². The van der Waals surface area contributed by atoms with E-state index in [1.165, 1.54) is 6.08 Å². The van der Waals surface area contributed by atoms with Gasteiger partial charge in [0, 0.05) is 25.4 Å². The summed E-state index contributed by atoms with van der Waals surface area (Å²) < 4.78 is 10.4. The summed E-state index contributed by atoms with van der Waals surface area (Å²) >= 11 is 0. The molecule has 0 radical (unpaired) electrons. The molecule has 25 heavy (non-hydrogen) atoms. The van der Waals surface area contributed by atoms with Gasteiger partial charge in [-0.05, 0) is 44.5 Å². The SMILES string of the molecule is CC(C)(C)OC(=O)C=Cc1ccc(NC(=O)CN2CCOCC2)nc1. The largest absolute Gasteiger partial charge is 0.457 e. The van der Waals surface area contributed by atoms with Gasteiger partial charge in [-0.15, -0.1) is 0 Å². The molecule has 0 unspecified atom stereocenters. The van der Waals surface area contributed by atoms with Crippen LogP contribution in [0.25, 0.3) is 6.08 Å². The molecule has 1 amide bonds. The van der Waals surface area contributed by atoms with Crippen LogP contribution in [0.1, 0.15) is 26.3 Å². The minimum Gasteiger partial charge on any atom is -0.457 e. The predicted molar refractivity (Wildman–Crippen MR) is 95.0 cm³/mol. The summed E-state index contributed by atoms with van der Waals surface area (Å²) in [4.78, 5) is 29.9. The Bertz CT molecular complexity index is 614. The zero-order chi connectivity index (χ0) is 18.3. The van der Waals surface area contributed by atoms with Gasteiger partial charge in [0.15, 0.2) is 0 Å². The number of rotatable bonds is 5. The topological polar surface area (TPSA) is 80.8 Å². The third-order valence-corrected chi connectivity index (χ3v) is 3.34. The summed E-state index contributed by atoms with van der Waals surface area (Å²) in [5, 5.41) is 2.76. The van der Waals surface area contributed by atoms with Gasteiger partial charge in [-0.2, -0.15) is 0 Å². The fourth-order valence-electron chi connectivity index (χ4n) is 2.22. The zero-order valence-electron chi connectivity index (χ0n) is 14.9. The summed E-state index contributed by atoms with van der Waals surface area (Å²) in [6, 6.07) is 3.48. The first-order chi connectivity index (χ1) is 11.8. The molecule has 0 saturated carbocycles. The van der Waals surface area contributed by atoms with Crippen LogP contribution < -0.4 is 5.32 Å². The van der Waals surface area contributed by atoms with Crippen molar-refractivity contribution in [3.05, 3.63) is 30.0 Å². The molecule has 0 aromatic carbocycles. The van der Waals surface area contributed by atoms with E-state index in [4.69, 9.17) is 9.47 Å². The van der Waals surface area contributed by atoms with E-state index in [2.05, 4.69) is 10.3 Å². The molecular weight excluding hydrogens is 322 g/mol. The molecule has 0 spiro atoms. The number of esters is 1. The lowest BCUT2D eigenvalue weighted by Gasteiger charge is -2.25. The van der Waals surface area contributed by atoms with Crippen LogP contribution in [0.15, 0.2) is 24.4 Å². The predicted octanol–water partition coefficient (Wildman–Crippen LogP) is 1.71. The molecule has 2 heterocycles. The Morgan fingerprint density at radius 3 is 2.64 bits per heavy atom. The van der Waals surface area contributed by atoms with Crippen LogP contribution in [0.3, 0.4) is 0 Å². The molecule has 1 N–H and O–H groups in total. The Hall–Kier alpha value is -2.25. The van der Waals surface area contributed by atoms with Crippen LogP contribution in [0.2, 0.25) is 0 Å².